The minimum absolute atomic E-state index is 0.140. The predicted molar refractivity (Wildman–Crippen MR) is 201 cm³/mol. The number of carbonyl (C=O) groups excluding carboxylic acids is 3. The number of carbonyl (C=O) groups is 3. The quantitative estimate of drug-likeness (QED) is 0.362. The number of thioether (sulfide) groups is 1. The first-order chi connectivity index (χ1) is 24.9. The Kier molecular flexibility index (Phi) is 10.3. The number of pyridine rings is 1. The number of hydrogen-bond acceptors (Lipinski definition) is 10. The van der Waals surface area contributed by atoms with Gasteiger partial charge in [0.1, 0.15) is 34.2 Å². The van der Waals surface area contributed by atoms with Crippen LogP contribution in [0.25, 0.3) is 10.9 Å². The first-order valence-corrected chi connectivity index (χ1v) is 21.1. The van der Waals surface area contributed by atoms with Gasteiger partial charge in [-0.2, -0.15) is 0 Å². The van der Waals surface area contributed by atoms with Crippen LogP contribution in [0.1, 0.15) is 89.3 Å². The van der Waals surface area contributed by atoms with Gasteiger partial charge in [0.05, 0.1) is 36.2 Å². The molecule has 2 aliphatic carbocycles. The Hall–Kier alpha value is -3.65. The highest BCUT2D eigenvalue weighted by Crippen LogP contribution is 2.46. The number of rotatable bonds is 8. The molecule has 7 rings (SSSR count). The van der Waals surface area contributed by atoms with Gasteiger partial charge in [-0.15, -0.1) is 11.8 Å². The number of benzene rings is 1. The van der Waals surface area contributed by atoms with Crippen molar-refractivity contribution in [2.45, 2.75) is 114 Å². The molecule has 1 aromatic carbocycles. The topological polar surface area (TPSA) is 156 Å². The van der Waals surface area contributed by atoms with Gasteiger partial charge in [0.25, 0.3) is 5.91 Å². The highest BCUT2D eigenvalue weighted by atomic mass is 32.2. The normalized spacial score (nSPS) is 29.0. The smallest absolute Gasteiger partial charge is 0.259 e. The fourth-order valence-corrected chi connectivity index (χ4v) is 10.1. The van der Waals surface area contributed by atoms with E-state index < -0.39 is 44.8 Å². The van der Waals surface area contributed by atoms with Crippen molar-refractivity contribution < 1.29 is 32.3 Å². The van der Waals surface area contributed by atoms with Crippen molar-refractivity contribution in [1.29, 1.82) is 0 Å². The molecular weight excluding hydrogens is 703 g/mol. The summed E-state index contributed by atoms with van der Waals surface area (Å²) in [7, 11) is -2.20. The summed E-state index contributed by atoms with van der Waals surface area (Å²) in [5.74, 6) is 0.863. The lowest BCUT2D eigenvalue weighted by Crippen LogP contribution is -2.56. The highest BCUT2D eigenvalue weighted by Gasteiger charge is 2.62. The molecule has 1 unspecified atom stereocenters. The SMILES string of the molecule is COc1ccc2c(O[C@@H]3C[C@H]4C(=O)N[C@]5(C(=O)NS(=O)(=O)C6CC6)C[C@H]5/C=C\CCCCCCC(=O)N4C3)cc(C3=NC(C(C)C)CS3)nc2c1C. The Bertz CT molecular complexity index is 1930. The third kappa shape index (κ3) is 7.42. The van der Waals surface area contributed by atoms with Crippen molar-refractivity contribution in [3.63, 3.8) is 0 Å². The molecule has 0 radical (unpaired) electrons. The van der Waals surface area contributed by atoms with Gasteiger partial charge in [0, 0.05) is 41.5 Å². The standard InChI is InChI=1S/C38H49N5O7S2/c1-22(2)29-21-51-36(40-29)28-18-32(27-15-16-31(49-4)23(3)34(27)39-28)50-25-17-30-35(45)41-38(37(46)42-52(47,48)26-13-14-26)19-24(38)11-9-7-5-6-8-10-12-33(44)43(30)20-25/h9,11,15-16,18,22,24-26,29-30H,5-8,10,12-14,17,19-21H2,1-4H3,(H,41,45)(H,42,46)/b11-9-/t24-,25-,29?,30+,38-/m1/s1. The van der Waals surface area contributed by atoms with Crippen molar-refractivity contribution in [2.24, 2.45) is 16.8 Å². The number of nitrogens with one attached hydrogen (secondary N) is 2. The van der Waals surface area contributed by atoms with Crippen LogP contribution < -0.4 is 19.5 Å². The number of allylic oxidation sites excluding steroid dienone is 1. The van der Waals surface area contributed by atoms with Crippen LogP contribution in [-0.2, 0) is 24.4 Å². The maximum absolute atomic E-state index is 14.2. The van der Waals surface area contributed by atoms with Crippen molar-refractivity contribution >= 4 is 55.5 Å². The van der Waals surface area contributed by atoms with Crippen LogP contribution in [0.4, 0.5) is 0 Å². The number of ether oxygens (including phenoxy) is 2. The molecule has 1 aromatic heterocycles. The van der Waals surface area contributed by atoms with E-state index in [0.29, 0.717) is 48.8 Å². The molecule has 1 saturated heterocycles. The number of aromatic nitrogens is 1. The van der Waals surface area contributed by atoms with Gasteiger partial charge >= 0.3 is 0 Å². The van der Waals surface area contributed by atoms with Gasteiger partial charge in [0.2, 0.25) is 21.8 Å². The Morgan fingerprint density at radius 3 is 2.65 bits per heavy atom. The molecule has 0 bridgehead atoms. The third-order valence-corrected chi connectivity index (χ3v) is 14.0. The van der Waals surface area contributed by atoms with Crippen LogP contribution in [0.5, 0.6) is 11.5 Å². The number of amides is 3. The number of methoxy groups -OCH3 is 1. The van der Waals surface area contributed by atoms with Crippen LogP contribution in [0, 0.1) is 18.8 Å². The third-order valence-electron chi connectivity index (χ3n) is 11.1. The van der Waals surface area contributed by atoms with Crippen LogP contribution in [0.15, 0.2) is 35.3 Å². The van der Waals surface area contributed by atoms with Gasteiger partial charge in [-0.25, -0.2) is 13.4 Å². The molecule has 12 nitrogen and oxygen atoms in total. The predicted octanol–water partition coefficient (Wildman–Crippen LogP) is 4.81. The summed E-state index contributed by atoms with van der Waals surface area (Å²) in [5, 5.41) is 4.00. The fourth-order valence-electron chi connectivity index (χ4n) is 7.53. The van der Waals surface area contributed by atoms with Crippen molar-refractivity contribution in [3.8, 4) is 11.5 Å². The van der Waals surface area contributed by atoms with E-state index >= 15 is 0 Å². The number of hydrogen-bond donors (Lipinski definition) is 2. The van der Waals surface area contributed by atoms with Crippen LogP contribution in [-0.4, -0.2) is 89.5 Å². The second-order valence-corrected chi connectivity index (χ2v) is 18.2. The summed E-state index contributed by atoms with van der Waals surface area (Å²) in [5.41, 5.74) is 0.899. The van der Waals surface area contributed by atoms with Gasteiger partial charge in [-0.1, -0.05) is 38.8 Å². The second kappa shape index (κ2) is 14.6. The van der Waals surface area contributed by atoms with Crippen molar-refractivity contribution in [3.05, 3.63) is 41.6 Å². The van der Waals surface area contributed by atoms with Crippen LogP contribution >= 0.6 is 11.8 Å². The number of aliphatic imine (C=N–C) groups is 1. The molecule has 14 heteroatoms. The average molecular weight is 752 g/mol. The van der Waals surface area contributed by atoms with E-state index in [2.05, 4.69) is 23.9 Å². The minimum atomic E-state index is -3.83. The summed E-state index contributed by atoms with van der Waals surface area (Å²) in [4.78, 5) is 53.2. The number of sulfonamides is 1. The molecule has 52 heavy (non-hydrogen) atoms. The van der Waals surface area contributed by atoms with Gasteiger partial charge in [0.15, 0.2) is 0 Å². The molecule has 4 heterocycles. The molecule has 3 amide bonds. The summed E-state index contributed by atoms with van der Waals surface area (Å²) in [6, 6.07) is 5.00. The zero-order chi connectivity index (χ0) is 36.8. The maximum atomic E-state index is 14.2. The molecule has 0 spiro atoms. The zero-order valence-electron chi connectivity index (χ0n) is 30.4. The van der Waals surface area contributed by atoms with E-state index in [9.17, 15) is 22.8 Å². The highest BCUT2D eigenvalue weighted by molar-refractivity contribution is 8.14. The molecule has 5 aliphatic rings. The van der Waals surface area contributed by atoms with Gasteiger partial charge < -0.3 is 19.7 Å². The van der Waals surface area contributed by atoms with E-state index in [4.69, 9.17) is 19.5 Å². The molecule has 3 fully saturated rings. The van der Waals surface area contributed by atoms with E-state index in [1.807, 2.05) is 37.3 Å². The van der Waals surface area contributed by atoms with E-state index in [1.165, 1.54) is 0 Å². The lowest BCUT2D eigenvalue weighted by Gasteiger charge is -2.26. The number of nitrogens with zero attached hydrogens (tertiary/aromatic N) is 3. The first-order valence-electron chi connectivity index (χ1n) is 18.6. The molecule has 280 valence electrons. The lowest BCUT2D eigenvalue weighted by molar-refractivity contribution is -0.139. The first kappa shape index (κ1) is 36.7. The van der Waals surface area contributed by atoms with Gasteiger partial charge in [-0.05, 0) is 63.5 Å². The maximum Gasteiger partial charge on any atom is 0.259 e. The summed E-state index contributed by atoms with van der Waals surface area (Å²) < 4.78 is 40.2. The fraction of sp³-hybridized carbons (Fsp3) is 0.605. The van der Waals surface area contributed by atoms with Gasteiger partial charge in [-0.3, -0.25) is 24.1 Å². The minimum Gasteiger partial charge on any atom is -0.496 e. The summed E-state index contributed by atoms with van der Waals surface area (Å²) in [6.07, 6.45) is 9.55. The van der Waals surface area contributed by atoms with Crippen molar-refractivity contribution in [1.82, 2.24) is 19.9 Å². The molecule has 2 aromatic rings. The summed E-state index contributed by atoms with van der Waals surface area (Å²) >= 11 is 1.67. The molecule has 5 atom stereocenters. The molecule has 2 saturated carbocycles. The van der Waals surface area contributed by atoms with Crippen LogP contribution in [0.2, 0.25) is 0 Å². The largest absolute Gasteiger partial charge is 0.496 e. The molecular formula is C38H49N5O7S2. The Morgan fingerprint density at radius 2 is 1.92 bits per heavy atom. The number of aryl methyl sites for hydroxylation is 1. The zero-order valence-corrected chi connectivity index (χ0v) is 32.0. The summed E-state index contributed by atoms with van der Waals surface area (Å²) in [6.45, 7) is 6.47. The molecule has 3 aliphatic heterocycles. The Morgan fingerprint density at radius 1 is 1.13 bits per heavy atom. The van der Waals surface area contributed by atoms with Crippen LogP contribution in [0.3, 0.4) is 0 Å². The molecule has 2 N–H and O–H groups in total. The Labute approximate surface area is 310 Å². The van der Waals surface area contributed by atoms with E-state index in [-0.39, 0.29) is 37.3 Å². The second-order valence-electron chi connectivity index (χ2n) is 15.2. The van der Waals surface area contributed by atoms with E-state index in [1.54, 1.807) is 23.8 Å². The Balaban J connectivity index is 1.19. The average Bonchev–Trinajstić information content (AvgIpc) is 3.98. The number of fused-ring (bicyclic) bond motifs is 3. The van der Waals surface area contributed by atoms with Crippen molar-refractivity contribution in [2.75, 3.05) is 19.4 Å². The monoisotopic (exact) mass is 751 g/mol. The van der Waals surface area contributed by atoms with E-state index in [0.717, 1.165) is 52.9 Å². The lowest BCUT2D eigenvalue weighted by atomic mass is 10.1.